The Morgan fingerprint density at radius 2 is 1.33 bits per heavy atom. The fourth-order valence-corrected chi connectivity index (χ4v) is 2.25. The molecule has 0 amide bonds. The van der Waals surface area contributed by atoms with Gasteiger partial charge >= 0.3 is 0 Å². The monoisotopic (exact) mass is 282 g/mol. The molecule has 0 radical (unpaired) electrons. The number of aliphatic hydroxyl groups is 1. The first-order chi connectivity index (χ1) is 9.84. The molecular weight excluding hydrogens is 260 g/mol. The zero-order chi connectivity index (χ0) is 15.5. The lowest BCUT2D eigenvalue weighted by molar-refractivity contribution is -0.117. The van der Waals surface area contributed by atoms with Crippen LogP contribution in [0.25, 0.3) is 0 Å². The summed E-state index contributed by atoms with van der Waals surface area (Å²) in [5.41, 5.74) is 3.26. The first kappa shape index (κ1) is 15.5. The first-order valence-electron chi connectivity index (χ1n) is 7.23. The topological polar surface area (TPSA) is 37.3 Å². The number of hydrogen-bond donors (Lipinski definition) is 1. The second-order valence-electron chi connectivity index (χ2n) is 6.13. The average Bonchev–Trinajstić information content (AvgIpc) is 2.41. The van der Waals surface area contributed by atoms with Crippen LogP contribution in [0.15, 0.2) is 48.5 Å². The van der Waals surface area contributed by atoms with E-state index in [4.69, 9.17) is 0 Å². The Morgan fingerprint density at radius 3 is 1.76 bits per heavy atom. The number of carbonyl (C=O) groups is 1. The molecule has 0 fully saturated rings. The molecule has 0 unspecified atom stereocenters. The highest BCUT2D eigenvalue weighted by Gasteiger charge is 2.15. The maximum atomic E-state index is 12.1. The Bertz CT molecular complexity index is 602. The smallest absolute Gasteiger partial charge is 0.141 e. The number of aryl methyl sites for hydroxylation is 1. The van der Waals surface area contributed by atoms with Gasteiger partial charge in [-0.25, -0.2) is 0 Å². The molecule has 2 aromatic rings. The average molecular weight is 282 g/mol. The number of ketones is 1. The van der Waals surface area contributed by atoms with Crippen molar-refractivity contribution in [2.75, 3.05) is 0 Å². The van der Waals surface area contributed by atoms with Crippen molar-refractivity contribution in [3.05, 3.63) is 70.8 Å². The molecule has 1 N–H and O–H groups in total. The van der Waals surface area contributed by atoms with Crippen LogP contribution >= 0.6 is 0 Å². The molecular formula is C19H22O2. The molecule has 0 spiro atoms. The summed E-state index contributed by atoms with van der Waals surface area (Å²) in [5, 5.41) is 9.91. The van der Waals surface area contributed by atoms with E-state index in [0.717, 1.165) is 16.7 Å². The van der Waals surface area contributed by atoms with Crippen molar-refractivity contribution in [3.63, 3.8) is 0 Å². The molecule has 0 aromatic heterocycles. The molecule has 2 nitrogen and oxygen atoms in total. The number of Topliss-reactive ketones (excluding diaryl/α,β-unsaturated/α-hetero) is 1. The Hall–Kier alpha value is -1.93. The fourth-order valence-electron chi connectivity index (χ4n) is 2.25. The summed E-state index contributed by atoms with van der Waals surface area (Å²) in [6.45, 7) is 5.55. The number of rotatable bonds is 5. The van der Waals surface area contributed by atoms with E-state index in [1.54, 1.807) is 13.8 Å². The van der Waals surface area contributed by atoms with Crippen LogP contribution in [0.5, 0.6) is 0 Å². The molecule has 0 bridgehead atoms. The molecule has 2 heteroatoms. The van der Waals surface area contributed by atoms with Crippen LogP contribution in [0.2, 0.25) is 0 Å². The van der Waals surface area contributed by atoms with Gasteiger partial charge < -0.3 is 5.11 Å². The first-order valence-corrected chi connectivity index (χ1v) is 7.23. The summed E-state index contributed by atoms with van der Waals surface area (Å²) in [6.07, 6.45) is 0.896. The van der Waals surface area contributed by atoms with Crippen LogP contribution in [0.1, 0.15) is 36.1 Å². The van der Waals surface area contributed by atoms with E-state index >= 15 is 0 Å². The van der Waals surface area contributed by atoms with Gasteiger partial charge in [0.2, 0.25) is 0 Å². The van der Waals surface area contributed by atoms with Crippen molar-refractivity contribution in [1.82, 2.24) is 0 Å². The molecule has 0 saturated carbocycles. The van der Waals surface area contributed by atoms with Crippen LogP contribution in [0.4, 0.5) is 0 Å². The third-order valence-electron chi connectivity index (χ3n) is 3.58. The maximum Gasteiger partial charge on any atom is 0.141 e. The second kappa shape index (κ2) is 6.23. The lowest BCUT2D eigenvalue weighted by atomic mass is 9.95. The van der Waals surface area contributed by atoms with Gasteiger partial charge in [-0.15, -0.1) is 0 Å². The van der Waals surface area contributed by atoms with Crippen LogP contribution in [-0.2, 0) is 23.2 Å². The quantitative estimate of drug-likeness (QED) is 0.910. The van der Waals surface area contributed by atoms with Crippen molar-refractivity contribution < 1.29 is 9.90 Å². The minimum absolute atomic E-state index is 0.204. The SMILES string of the molecule is Cc1ccc(CC(=O)Cc2ccc(C(C)(C)O)cc2)cc1. The minimum Gasteiger partial charge on any atom is -0.386 e. The molecule has 110 valence electrons. The molecule has 0 aliphatic heterocycles. The lowest BCUT2D eigenvalue weighted by Crippen LogP contribution is -2.15. The van der Waals surface area contributed by atoms with Gasteiger partial charge in [0.25, 0.3) is 0 Å². The summed E-state index contributed by atoms with van der Waals surface area (Å²) in [5.74, 6) is 0.204. The standard InChI is InChI=1S/C19H22O2/c1-14-4-6-15(7-5-14)12-18(20)13-16-8-10-17(11-9-16)19(2,3)21/h4-11,21H,12-13H2,1-3H3. The summed E-state index contributed by atoms with van der Waals surface area (Å²) in [7, 11) is 0. The van der Waals surface area contributed by atoms with Crippen LogP contribution in [0.3, 0.4) is 0 Å². The van der Waals surface area contributed by atoms with Crippen molar-refractivity contribution in [2.24, 2.45) is 0 Å². The van der Waals surface area contributed by atoms with E-state index in [2.05, 4.69) is 0 Å². The van der Waals surface area contributed by atoms with E-state index in [9.17, 15) is 9.90 Å². The molecule has 2 aromatic carbocycles. The van der Waals surface area contributed by atoms with E-state index in [-0.39, 0.29) is 5.78 Å². The highest BCUT2D eigenvalue weighted by atomic mass is 16.3. The van der Waals surface area contributed by atoms with Crippen molar-refractivity contribution in [2.45, 2.75) is 39.2 Å². The van der Waals surface area contributed by atoms with Gasteiger partial charge in [0.05, 0.1) is 5.60 Å². The summed E-state index contributed by atoms with van der Waals surface area (Å²) in [6, 6.07) is 15.7. The Labute approximate surface area is 126 Å². The molecule has 21 heavy (non-hydrogen) atoms. The Kier molecular flexibility index (Phi) is 4.59. The fraction of sp³-hybridized carbons (Fsp3) is 0.316. The van der Waals surface area contributed by atoms with E-state index in [1.807, 2.05) is 55.5 Å². The summed E-state index contributed by atoms with van der Waals surface area (Å²) >= 11 is 0. The predicted octanol–water partition coefficient (Wildman–Crippen LogP) is 3.58. The van der Waals surface area contributed by atoms with Crippen molar-refractivity contribution in [3.8, 4) is 0 Å². The largest absolute Gasteiger partial charge is 0.386 e. The zero-order valence-corrected chi connectivity index (χ0v) is 12.9. The van der Waals surface area contributed by atoms with Crippen LogP contribution in [0, 0.1) is 6.92 Å². The van der Waals surface area contributed by atoms with Crippen molar-refractivity contribution in [1.29, 1.82) is 0 Å². The molecule has 0 aliphatic rings. The highest BCUT2D eigenvalue weighted by Crippen LogP contribution is 2.20. The summed E-state index contributed by atoms with van der Waals surface area (Å²) in [4.78, 5) is 12.1. The van der Waals surface area contributed by atoms with Gasteiger partial charge in [-0.3, -0.25) is 4.79 Å². The Balaban J connectivity index is 1.98. The highest BCUT2D eigenvalue weighted by molar-refractivity contribution is 5.83. The number of carbonyl (C=O) groups excluding carboxylic acids is 1. The van der Waals surface area contributed by atoms with E-state index in [0.29, 0.717) is 12.8 Å². The van der Waals surface area contributed by atoms with Gasteiger partial charge in [0.1, 0.15) is 5.78 Å². The third-order valence-corrected chi connectivity index (χ3v) is 3.58. The van der Waals surface area contributed by atoms with E-state index in [1.165, 1.54) is 5.56 Å². The molecule has 0 heterocycles. The van der Waals surface area contributed by atoms with Gasteiger partial charge in [0, 0.05) is 12.8 Å². The van der Waals surface area contributed by atoms with Gasteiger partial charge in [-0.1, -0.05) is 54.1 Å². The normalized spacial score (nSPS) is 11.4. The molecule has 0 aliphatic carbocycles. The Morgan fingerprint density at radius 1 is 0.905 bits per heavy atom. The predicted molar refractivity (Wildman–Crippen MR) is 85.3 cm³/mol. The van der Waals surface area contributed by atoms with Gasteiger partial charge in [-0.05, 0) is 37.5 Å². The van der Waals surface area contributed by atoms with E-state index < -0.39 is 5.60 Å². The molecule has 0 atom stereocenters. The van der Waals surface area contributed by atoms with Gasteiger partial charge in [0.15, 0.2) is 0 Å². The van der Waals surface area contributed by atoms with Crippen molar-refractivity contribution >= 4 is 5.78 Å². The summed E-state index contributed by atoms with van der Waals surface area (Å²) < 4.78 is 0. The number of hydrogen-bond acceptors (Lipinski definition) is 2. The molecule has 2 rings (SSSR count). The zero-order valence-electron chi connectivity index (χ0n) is 12.9. The third kappa shape index (κ3) is 4.54. The van der Waals surface area contributed by atoms with Gasteiger partial charge in [-0.2, -0.15) is 0 Å². The number of benzene rings is 2. The van der Waals surface area contributed by atoms with Crippen LogP contribution in [-0.4, -0.2) is 10.9 Å². The molecule has 0 saturated heterocycles. The maximum absolute atomic E-state index is 12.1. The lowest BCUT2D eigenvalue weighted by Gasteiger charge is -2.17. The van der Waals surface area contributed by atoms with Crippen LogP contribution < -0.4 is 0 Å². The minimum atomic E-state index is -0.843. The second-order valence-corrected chi connectivity index (χ2v) is 6.13.